The molecule has 0 aliphatic rings. The van der Waals surface area contributed by atoms with Crippen molar-refractivity contribution in [2.24, 2.45) is 0 Å². The maximum atomic E-state index is 13.3. The van der Waals surface area contributed by atoms with Gasteiger partial charge in [-0.25, -0.2) is 8.42 Å². The first-order valence-electron chi connectivity index (χ1n) is 14.3. The molecule has 1 amide bonds. The highest BCUT2D eigenvalue weighted by Crippen LogP contribution is 2.20. The minimum Gasteiger partial charge on any atom is -0.335 e. The summed E-state index contributed by atoms with van der Waals surface area (Å²) < 4.78 is 29.2. The summed E-state index contributed by atoms with van der Waals surface area (Å²) in [6.45, 7) is 14.8. The predicted octanol–water partition coefficient (Wildman–Crippen LogP) is 8.06. The van der Waals surface area contributed by atoms with E-state index in [0.29, 0.717) is 22.7 Å². The van der Waals surface area contributed by atoms with Crippen LogP contribution in [0.2, 0.25) is 0 Å². The zero-order valence-electron chi connectivity index (χ0n) is 26.6. The van der Waals surface area contributed by atoms with Gasteiger partial charge in [-0.15, -0.1) is 0 Å². The van der Waals surface area contributed by atoms with Gasteiger partial charge in [-0.1, -0.05) is 99.2 Å². The molecule has 1 unspecified atom stereocenters. The van der Waals surface area contributed by atoms with Gasteiger partial charge in [0.15, 0.2) is 0 Å². The maximum absolute atomic E-state index is 13.3. The Labute approximate surface area is 270 Å². The Balaban J connectivity index is 5.97. The number of terminal acetylenes is 1. The second-order valence-corrected chi connectivity index (χ2v) is 11.1. The molecule has 0 spiro atoms. The molecule has 8 heteroatoms. The first-order chi connectivity index (χ1) is 21.0. The van der Waals surface area contributed by atoms with E-state index < -0.39 is 15.9 Å². The summed E-state index contributed by atoms with van der Waals surface area (Å²) in [5, 5.41) is 6.01. The van der Waals surface area contributed by atoms with Crippen molar-refractivity contribution < 1.29 is 13.2 Å². The quantitative estimate of drug-likeness (QED) is 0.0615. The Morgan fingerprint density at radius 1 is 1.02 bits per heavy atom. The minimum absolute atomic E-state index is 0.00157. The van der Waals surface area contributed by atoms with Crippen LogP contribution in [-0.4, -0.2) is 20.4 Å². The average Bonchev–Trinajstić information content (AvgIpc) is 2.99. The van der Waals surface area contributed by atoms with E-state index >= 15 is 0 Å². The third-order valence-corrected chi connectivity index (χ3v) is 7.43. The average molecular weight is 636 g/mol. The molecule has 44 heavy (non-hydrogen) atoms. The summed E-state index contributed by atoms with van der Waals surface area (Å²) in [5.41, 5.74) is 2.38. The molecule has 0 radical (unpaired) electrons. The summed E-state index contributed by atoms with van der Waals surface area (Å²) in [5.74, 6) is -0.410. The molecular formula is C36H46ClN3O3S. The van der Waals surface area contributed by atoms with Crippen LogP contribution in [0.3, 0.4) is 0 Å². The van der Waals surface area contributed by atoms with E-state index in [-0.39, 0.29) is 10.9 Å². The summed E-state index contributed by atoms with van der Waals surface area (Å²) in [7, 11) is -3.97. The lowest BCUT2D eigenvalue weighted by Gasteiger charge is -2.15. The number of halogens is 1. The monoisotopic (exact) mass is 635 g/mol. The lowest BCUT2D eigenvalue weighted by molar-refractivity contribution is -0.116. The Bertz CT molecular complexity index is 1460. The first-order valence-corrected chi connectivity index (χ1v) is 16.1. The summed E-state index contributed by atoms with van der Waals surface area (Å²) in [4.78, 5) is 12.7. The largest absolute Gasteiger partial charge is 0.335 e. The van der Waals surface area contributed by atoms with Crippen molar-refractivity contribution in [2.75, 3.05) is 0 Å². The van der Waals surface area contributed by atoms with Crippen LogP contribution in [0.5, 0.6) is 0 Å². The summed E-state index contributed by atoms with van der Waals surface area (Å²) >= 11 is 6.51. The molecule has 0 fully saturated rings. The fraction of sp³-hybridized carbons (Fsp3) is 0.250. The van der Waals surface area contributed by atoms with Gasteiger partial charge in [0.2, 0.25) is 0 Å². The molecule has 6 nitrogen and oxygen atoms in total. The Kier molecular flexibility index (Phi) is 21.0. The van der Waals surface area contributed by atoms with Crippen LogP contribution >= 0.6 is 11.6 Å². The number of rotatable bonds is 18. The molecule has 0 aliphatic carbocycles. The third kappa shape index (κ3) is 15.8. The normalized spacial score (nSPS) is 15.5. The Morgan fingerprint density at radius 2 is 1.75 bits per heavy atom. The van der Waals surface area contributed by atoms with Crippen molar-refractivity contribution in [1.82, 2.24) is 15.4 Å². The van der Waals surface area contributed by atoms with Gasteiger partial charge in [-0.05, 0) is 88.1 Å². The number of nitrogens with one attached hydrogen (secondary N) is 3. The molecule has 1 atom stereocenters. The van der Waals surface area contributed by atoms with Gasteiger partial charge in [0.1, 0.15) is 0 Å². The predicted molar refractivity (Wildman–Crippen MR) is 189 cm³/mol. The van der Waals surface area contributed by atoms with Crippen molar-refractivity contribution in [3.63, 3.8) is 0 Å². The van der Waals surface area contributed by atoms with Crippen molar-refractivity contribution in [3.05, 3.63) is 142 Å². The number of carbonyl (C=O) groups is 1. The standard InChI is InChI=1S/C36H46ClN3O3S/c1-9-16-18-24-35(38-15-7)33(14-6)34(37)23-19-27-39-36(41)29(8)25-26-32(22-17-10-2)44(42,43)40-31(21-12-4)28-30(13-5)20-11-3/h7,9,11-12,14,16-28,35,38,40H,4,10,13H2,1-3,5-6,8H3,(H,39,41)/b16-9-,20-11+,22-17+,24-18+,27-19+,29-25+,30-28+,31-21+,32-26+,33-14+,34-23+. The molecule has 0 bridgehead atoms. The van der Waals surface area contributed by atoms with E-state index in [9.17, 15) is 13.2 Å². The molecule has 0 saturated heterocycles. The molecular weight excluding hydrogens is 590 g/mol. The second-order valence-electron chi connectivity index (χ2n) is 9.03. The van der Waals surface area contributed by atoms with Crippen LogP contribution in [0.1, 0.15) is 54.4 Å². The van der Waals surface area contributed by atoms with Crippen molar-refractivity contribution in [3.8, 4) is 12.5 Å². The minimum atomic E-state index is -3.97. The van der Waals surface area contributed by atoms with Gasteiger partial charge in [0, 0.05) is 28.5 Å². The van der Waals surface area contributed by atoms with Gasteiger partial charge >= 0.3 is 0 Å². The summed E-state index contributed by atoms with van der Waals surface area (Å²) in [6.07, 6.45) is 35.6. The van der Waals surface area contributed by atoms with Crippen LogP contribution in [0.15, 0.2) is 142 Å². The number of hydrogen-bond acceptors (Lipinski definition) is 4. The van der Waals surface area contributed by atoms with Crippen LogP contribution in [-0.2, 0) is 14.8 Å². The first kappa shape index (κ1) is 39.8. The molecule has 0 aliphatic heterocycles. The number of allylic oxidation sites excluding steroid dienone is 16. The van der Waals surface area contributed by atoms with Gasteiger partial charge in [0.05, 0.1) is 10.9 Å². The molecule has 0 heterocycles. The fourth-order valence-corrected chi connectivity index (χ4v) is 4.80. The number of amides is 1. The zero-order chi connectivity index (χ0) is 33.4. The van der Waals surface area contributed by atoms with Crippen molar-refractivity contribution in [1.29, 1.82) is 0 Å². The van der Waals surface area contributed by atoms with Gasteiger partial charge in [-0.3, -0.25) is 9.52 Å². The Hall–Kier alpha value is -4.25. The van der Waals surface area contributed by atoms with Gasteiger partial charge < -0.3 is 10.6 Å². The number of sulfonamides is 1. The smallest absolute Gasteiger partial charge is 0.261 e. The lowest BCUT2D eigenvalue weighted by atomic mass is 10.1. The fourth-order valence-electron chi connectivity index (χ4n) is 3.42. The summed E-state index contributed by atoms with van der Waals surface area (Å²) in [6, 6.07) is 2.13. The van der Waals surface area contributed by atoms with Crippen LogP contribution < -0.4 is 15.4 Å². The molecule has 0 aromatic heterocycles. The Morgan fingerprint density at radius 3 is 2.32 bits per heavy atom. The van der Waals surface area contributed by atoms with Gasteiger partial charge in [0.25, 0.3) is 15.9 Å². The molecule has 236 valence electrons. The van der Waals surface area contributed by atoms with E-state index in [1.807, 2.05) is 77.2 Å². The molecule has 0 rings (SSSR count). The van der Waals surface area contributed by atoms with E-state index in [1.165, 1.54) is 30.5 Å². The highest BCUT2D eigenvalue weighted by molar-refractivity contribution is 7.93. The van der Waals surface area contributed by atoms with E-state index in [1.54, 1.807) is 37.3 Å². The third-order valence-electron chi connectivity index (χ3n) is 5.68. The molecule has 0 saturated carbocycles. The van der Waals surface area contributed by atoms with Gasteiger partial charge in [-0.2, -0.15) is 0 Å². The van der Waals surface area contributed by atoms with Crippen LogP contribution in [0.25, 0.3) is 0 Å². The van der Waals surface area contributed by atoms with Crippen LogP contribution in [0, 0.1) is 12.5 Å². The lowest BCUT2D eigenvalue weighted by Crippen LogP contribution is -2.24. The molecule has 0 aromatic rings. The highest BCUT2D eigenvalue weighted by atomic mass is 35.5. The van der Waals surface area contributed by atoms with Crippen LogP contribution in [0.4, 0.5) is 0 Å². The second kappa shape index (κ2) is 23.2. The maximum Gasteiger partial charge on any atom is 0.261 e. The van der Waals surface area contributed by atoms with Crippen molar-refractivity contribution >= 4 is 27.5 Å². The molecule has 3 N–H and O–H groups in total. The van der Waals surface area contributed by atoms with Crippen molar-refractivity contribution in [2.45, 2.75) is 60.4 Å². The zero-order valence-corrected chi connectivity index (χ0v) is 28.2. The van der Waals surface area contributed by atoms with E-state index in [2.05, 4.69) is 28.0 Å². The van der Waals surface area contributed by atoms with E-state index in [0.717, 1.165) is 17.6 Å². The molecule has 0 aromatic carbocycles. The van der Waals surface area contributed by atoms with E-state index in [4.69, 9.17) is 18.0 Å². The number of hydrogen-bond donors (Lipinski definition) is 3. The topological polar surface area (TPSA) is 87.3 Å². The highest BCUT2D eigenvalue weighted by Gasteiger charge is 2.16. The number of carbonyl (C=O) groups excluding carboxylic acids is 1. The SMILES string of the molecule is C#CNC(/C=C/C=C\C)C(=C/C)/C(Cl)=C\C=C\NC(=O)/C(C)=C/C=C(\C=C\CC)S(=O)(=O)NC(/C=C(/C=C/C)CC)=C/C=C.